The number of ether oxygens (including phenoxy) is 1. The van der Waals surface area contributed by atoms with Gasteiger partial charge in [-0.05, 0) is 50.9 Å². The van der Waals surface area contributed by atoms with E-state index >= 15 is 0 Å². The number of nitrogens with one attached hydrogen (secondary N) is 1. The molecule has 3 heteroatoms. The molecule has 20 heavy (non-hydrogen) atoms. The minimum Gasteiger partial charge on any atom is -0.494 e. The van der Waals surface area contributed by atoms with Crippen LogP contribution in [0, 0.1) is 0 Å². The fourth-order valence-electron chi connectivity index (χ4n) is 2.35. The molecular weight excluding hydrogens is 248 g/mol. The van der Waals surface area contributed by atoms with E-state index in [9.17, 15) is 0 Å². The highest BCUT2D eigenvalue weighted by molar-refractivity contribution is 5.28. The second-order valence-electron chi connectivity index (χ2n) is 5.81. The average molecular weight is 276 g/mol. The molecule has 0 spiro atoms. The van der Waals surface area contributed by atoms with Gasteiger partial charge in [0.05, 0.1) is 6.61 Å². The summed E-state index contributed by atoms with van der Waals surface area (Å²) in [4.78, 5) is 2.46. The Bertz CT molecular complexity index is 386. The molecule has 3 nitrogen and oxygen atoms in total. The second kappa shape index (κ2) is 7.65. The lowest BCUT2D eigenvalue weighted by atomic mass is 10.1. The van der Waals surface area contributed by atoms with Gasteiger partial charge in [-0.2, -0.15) is 0 Å². The molecule has 1 saturated carbocycles. The lowest BCUT2D eigenvalue weighted by molar-refractivity contribution is 0.315. The predicted octanol–water partition coefficient (Wildman–Crippen LogP) is 3.22. The molecule has 1 aliphatic rings. The monoisotopic (exact) mass is 276 g/mol. The summed E-state index contributed by atoms with van der Waals surface area (Å²) in [5.74, 6) is 0.969. The molecule has 0 radical (unpaired) electrons. The van der Waals surface area contributed by atoms with Crippen molar-refractivity contribution in [3.05, 3.63) is 29.8 Å². The van der Waals surface area contributed by atoms with Crippen LogP contribution in [0.15, 0.2) is 24.3 Å². The van der Waals surface area contributed by atoms with Crippen molar-refractivity contribution in [3.63, 3.8) is 0 Å². The zero-order valence-electron chi connectivity index (χ0n) is 13.1. The van der Waals surface area contributed by atoms with Crippen LogP contribution in [0.5, 0.6) is 5.75 Å². The van der Waals surface area contributed by atoms with Crippen LogP contribution in [-0.2, 0) is 0 Å². The summed E-state index contributed by atoms with van der Waals surface area (Å²) in [5.41, 5.74) is 1.32. The molecule has 1 atom stereocenters. The third kappa shape index (κ3) is 4.80. The number of likely N-dealkylation sites (N-methyl/N-ethyl adjacent to an activating group) is 1. The van der Waals surface area contributed by atoms with E-state index in [-0.39, 0.29) is 0 Å². The van der Waals surface area contributed by atoms with Gasteiger partial charge in [-0.25, -0.2) is 0 Å². The molecule has 1 fully saturated rings. The van der Waals surface area contributed by atoms with E-state index in [0.717, 1.165) is 37.9 Å². The summed E-state index contributed by atoms with van der Waals surface area (Å²) in [5, 5.41) is 3.59. The van der Waals surface area contributed by atoms with Crippen molar-refractivity contribution in [3.8, 4) is 5.75 Å². The summed E-state index contributed by atoms with van der Waals surface area (Å²) in [7, 11) is 2.23. The van der Waals surface area contributed by atoms with Gasteiger partial charge in [0.15, 0.2) is 0 Å². The Labute approximate surface area is 123 Å². The minimum absolute atomic E-state index is 0.392. The van der Waals surface area contributed by atoms with Crippen molar-refractivity contribution in [2.75, 3.05) is 26.7 Å². The van der Waals surface area contributed by atoms with Crippen molar-refractivity contribution in [2.24, 2.45) is 0 Å². The van der Waals surface area contributed by atoms with E-state index in [1.54, 1.807) is 0 Å². The van der Waals surface area contributed by atoms with Gasteiger partial charge in [0.25, 0.3) is 0 Å². The Morgan fingerprint density at radius 2 is 2.00 bits per heavy atom. The van der Waals surface area contributed by atoms with E-state index in [2.05, 4.69) is 55.4 Å². The van der Waals surface area contributed by atoms with Crippen LogP contribution in [0.1, 0.15) is 44.7 Å². The van der Waals surface area contributed by atoms with E-state index in [4.69, 9.17) is 4.74 Å². The molecule has 112 valence electrons. The maximum Gasteiger partial charge on any atom is 0.119 e. The van der Waals surface area contributed by atoms with Crippen LogP contribution >= 0.6 is 0 Å². The zero-order chi connectivity index (χ0) is 14.4. The number of benzene rings is 1. The molecule has 0 aliphatic heterocycles. The molecule has 1 aromatic carbocycles. The van der Waals surface area contributed by atoms with Crippen molar-refractivity contribution in [1.82, 2.24) is 10.2 Å². The third-order valence-corrected chi connectivity index (χ3v) is 3.94. The van der Waals surface area contributed by atoms with Gasteiger partial charge >= 0.3 is 0 Å². The molecule has 1 aromatic rings. The highest BCUT2D eigenvalue weighted by atomic mass is 16.5. The molecule has 1 N–H and O–H groups in total. The summed E-state index contributed by atoms with van der Waals surface area (Å²) in [6, 6.07) is 9.70. The highest BCUT2D eigenvalue weighted by Gasteiger charge is 2.25. The van der Waals surface area contributed by atoms with Crippen molar-refractivity contribution < 1.29 is 4.74 Å². The topological polar surface area (TPSA) is 24.5 Å². The van der Waals surface area contributed by atoms with Crippen LogP contribution in [0.4, 0.5) is 0 Å². The average Bonchev–Trinajstić information content (AvgIpc) is 3.30. The van der Waals surface area contributed by atoms with Gasteiger partial charge in [-0.3, -0.25) is 0 Å². The predicted molar refractivity (Wildman–Crippen MR) is 84.3 cm³/mol. The SMILES string of the molecule is CCCOc1ccc(C(C)NCCN(C)C2CC2)cc1. The van der Waals surface area contributed by atoms with E-state index < -0.39 is 0 Å². The van der Waals surface area contributed by atoms with Crippen LogP contribution in [0.2, 0.25) is 0 Å². The quantitative estimate of drug-likeness (QED) is 0.749. The molecule has 0 heterocycles. The van der Waals surface area contributed by atoms with Crippen LogP contribution in [-0.4, -0.2) is 37.7 Å². The first kappa shape index (κ1) is 15.3. The lowest BCUT2D eigenvalue weighted by Gasteiger charge is -2.19. The van der Waals surface area contributed by atoms with Gasteiger partial charge < -0.3 is 15.0 Å². The van der Waals surface area contributed by atoms with Crippen LogP contribution < -0.4 is 10.1 Å². The Hall–Kier alpha value is -1.06. The normalized spacial score (nSPS) is 16.4. The Morgan fingerprint density at radius 1 is 1.30 bits per heavy atom. The molecule has 0 saturated heterocycles. The smallest absolute Gasteiger partial charge is 0.119 e. The van der Waals surface area contributed by atoms with E-state index in [1.165, 1.54) is 18.4 Å². The van der Waals surface area contributed by atoms with E-state index in [1.807, 2.05) is 0 Å². The number of rotatable bonds is 9. The Morgan fingerprint density at radius 3 is 2.60 bits per heavy atom. The summed E-state index contributed by atoms with van der Waals surface area (Å²) in [6.45, 7) is 7.31. The summed E-state index contributed by atoms with van der Waals surface area (Å²) in [6.07, 6.45) is 3.81. The van der Waals surface area contributed by atoms with Gasteiger partial charge in [0, 0.05) is 25.2 Å². The van der Waals surface area contributed by atoms with Gasteiger partial charge in [-0.15, -0.1) is 0 Å². The fraction of sp³-hybridized carbons (Fsp3) is 0.647. The van der Waals surface area contributed by atoms with Gasteiger partial charge in [-0.1, -0.05) is 19.1 Å². The minimum atomic E-state index is 0.392. The van der Waals surface area contributed by atoms with E-state index in [0.29, 0.717) is 6.04 Å². The zero-order valence-corrected chi connectivity index (χ0v) is 13.1. The molecule has 1 aliphatic carbocycles. The standard InChI is InChI=1S/C17H28N2O/c1-4-13-20-17-9-5-15(6-10-17)14(2)18-11-12-19(3)16-7-8-16/h5-6,9-10,14,16,18H,4,7-8,11-13H2,1-3H3. The number of hydrogen-bond acceptors (Lipinski definition) is 3. The molecule has 0 bridgehead atoms. The van der Waals surface area contributed by atoms with Gasteiger partial charge in [0.2, 0.25) is 0 Å². The lowest BCUT2D eigenvalue weighted by Crippen LogP contribution is -2.31. The molecular formula is C17H28N2O. The van der Waals surface area contributed by atoms with Crippen molar-refractivity contribution in [1.29, 1.82) is 0 Å². The van der Waals surface area contributed by atoms with Crippen molar-refractivity contribution >= 4 is 0 Å². The fourth-order valence-corrected chi connectivity index (χ4v) is 2.35. The maximum atomic E-state index is 5.61. The molecule has 1 unspecified atom stereocenters. The third-order valence-electron chi connectivity index (χ3n) is 3.94. The van der Waals surface area contributed by atoms with Gasteiger partial charge in [0.1, 0.15) is 5.75 Å². The molecule has 0 amide bonds. The first-order valence-electron chi connectivity index (χ1n) is 7.87. The molecule has 2 rings (SSSR count). The summed E-state index contributed by atoms with van der Waals surface area (Å²) < 4.78 is 5.61. The molecule has 0 aromatic heterocycles. The second-order valence-corrected chi connectivity index (χ2v) is 5.81. The maximum absolute atomic E-state index is 5.61. The number of hydrogen-bond donors (Lipinski definition) is 1. The summed E-state index contributed by atoms with van der Waals surface area (Å²) >= 11 is 0. The largest absolute Gasteiger partial charge is 0.494 e. The number of nitrogens with zero attached hydrogens (tertiary/aromatic N) is 1. The Balaban J connectivity index is 1.72. The Kier molecular flexibility index (Phi) is 5.86. The van der Waals surface area contributed by atoms with Crippen molar-refractivity contribution in [2.45, 2.75) is 45.2 Å². The van der Waals surface area contributed by atoms with Crippen LogP contribution in [0.25, 0.3) is 0 Å². The van der Waals surface area contributed by atoms with Crippen LogP contribution in [0.3, 0.4) is 0 Å². The highest BCUT2D eigenvalue weighted by Crippen LogP contribution is 2.24. The first-order chi connectivity index (χ1) is 9.70. The first-order valence-corrected chi connectivity index (χ1v) is 7.87.